The van der Waals surface area contributed by atoms with Crippen LogP contribution in [-0.4, -0.2) is 130 Å². The van der Waals surface area contributed by atoms with Gasteiger partial charge in [-0.05, 0) is 176 Å². The molecule has 0 fully saturated rings. The smallest absolute Gasteiger partial charge is 0.265 e. The summed E-state index contributed by atoms with van der Waals surface area (Å²) in [4.78, 5) is 0. The Morgan fingerprint density at radius 2 is 0.650 bits per heavy atom. The van der Waals surface area contributed by atoms with Gasteiger partial charge in [0.1, 0.15) is 0 Å². The lowest BCUT2D eigenvalue weighted by atomic mass is 9.94. The highest BCUT2D eigenvalue weighted by Crippen LogP contribution is 2.55. The molecule has 7 aliphatic rings. The number of hydrogen-bond donors (Lipinski definition) is 3. The number of ether oxygens (including phenoxy) is 9. The highest BCUT2D eigenvalue weighted by molar-refractivity contribution is 8.11. The van der Waals surface area contributed by atoms with E-state index in [0.29, 0.717) is 149 Å². The van der Waals surface area contributed by atoms with E-state index in [1.165, 1.54) is 18.6 Å². The molecule has 1 aliphatic carbocycles. The first-order chi connectivity index (χ1) is 38.9. The summed E-state index contributed by atoms with van der Waals surface area (Å²) in [6.07, 6.45) is 10.1. The zero-order valence-electron chi connectivity index (χ0n) is 46.1. The van der Waals surface area contributed by atoms with E-state index < -0.39 is 6.49 Å². The molecule has 0 unspecified atom stereocenters. The van der Waals surface area contributed by atoms with Crippen molar-refractivity contribution in [3.63, 3.8) is 0 Å². The lowest BCUT2D eigenvalue weighted by molar-refractivity contribution is 0.253. The van der Waals surface area contributed by atoms with Gasteiger partial charge in [-0.2, -0.15) is 15.3 Å². The number of hydrogen-bond acceptors (Lipinski definition) is 16. The molecule has 6 aliphatic heterocycles. The molecule has 13 rings (SSSR count). The SMILES string of the molecule is COc1cc2c3cc1OCCCCOc1cccc(c1O)/C=N/N(C)P1(=S)N(C)/N=C/c4cccc(c4O)OCCCCOc4cc(c(cc4OC)C3)Cc3cc(OC)c(cc3C2)OCCCCOc2cccc(c2O)/C=N/N1C. The van der Waals surface area contributed by atoms with Gasteiger partial charge in [0.15, 0.2) is 69.0 Å². The quantitative estimate of drug-likeness (QED) is 0.142. The van der Waals surface area contributed by atoms with Crippen molar-refractivity contribution in [2.24, 2.45) is 15.3 Å². The number of aromatic hydroxyl groups is 3. The number of rotatable bonds is 3. The van der Waals surface area contributed by atoms with Crippen molar-refractivity contribution in [2.75, 3.05) is 82.1 Å². The Morgan fingerprint density at radius 3 is 0.912 bits per heavy atom. The maximum Gasteiger partial charge on any atom is 0.265 e. The predicted octanol–water partition coefficient (Wildman–Crippen LogP) is 10.7. The largest absolute Gasteiger partial charge is 0.504 e. The second-order valence-corrected chi connectivity index (χ2v) is 23.6. The molecule has 80 heavy (non-hydrogen) atoms. The molecule has 0 atom stereocenters. The summed E-state index contributed by atoms with van der Waals surface area (Å²) < 4.78 is 60.6. The zero-order chi connectivity index (χ0) is 56.2. The van der Waals surface area contributed by atoms with Crippen molar-refractivity contribution in [2.45, 2.75) is 57.8 Å². The summed E-state index contributed by atoms with van der Waals surface area (Å²) >= 11 is 6.46. The fourth-order valence-corrected chi connectivity index (χ4v) is 11.6. The number of phenolic OH excluding ortho intramolecular Hbond substituents is 3. The maximum atomic E-state index is 11.5. The van der Waals surface area contributed by atoms with Crippen LogP contribution < -0.4 is 42.6 Å². The van der Waals surface area contributed by atoms with E-state index in [4.69, 9.17) is 69.7 Å². The molecule has 6 aromatic carbocycles. The van der Waals surface area contributed by atoms with Crippen molar-refractivity contribution in [1.29, 1.82) is 0 Å². The molecule has 0 radical (unpaired) electrons. The van der Waals surface area contributed by atoms with Gasteiger partial charge in [0.05, 0.1) is 79.6 Å². The van der Waals surface area contributed by atoms with Gasteiger partial charge in [0, 0.05) is 37.8 Å². The van der Waals surface area contributed by atoms with E-state index in [-0.39, 0.29) is 34.5 Å². The van der Waals surface area contributed by atoms with Crippen molar-refractivity contribution < 1.29 is 58.0 Å². The molecule has 0 saturated heterocycles. The van der Waals surface area contributed by atoms with Crippen LogP contribution in [0.15, 0.2) is 106 Å². The van der Waals surface area contributed by atoms with Crippen molar-refractivity contribution in [1.82, 2.24) is 14.3 Å². The van der Waals surface area contributed by atoms with Gasteiger partial charge in [0.25, 0.3) is 6.49 Å². The minimum absolute atomic E-state index is 0.0971. The Kier molecular flexibility index (Phi) is 18.6. The van der Waals surface area contributed by atoms with Crippen LogP contribution in [-0.2, 0) is 31.1 Å². The molecule has 0 saturated carbocycles. The second-order valence-electron chi connectivity index (χ2n) is 19.4. The van der Waals surface area contributed by atoms with Crippen LogP contribution in [0.3, 0.4) is 0 Å². The van der Waals surface area contributed by atoms with Gasteiger partial charge in [-0.15, -0.1) is 0 Å². The van der Waals surface area contributed by atoms with Gasteiger partial charge in [-0.25, -0.2) is 14.3 Å². The van der Waals surface area contributed by atoms with E-state index >= 15 is 0 Å². The van der Waals surface area contributed by atoms with E-state index in [1.807, 2.05) is 0 Å². The van der Waals surface area contributed by atoms with E-state index in [2.05, 4.69) is 36.4 Å². The summed E-state index contributed by atoms with van der Waals surface area (Å²) in [5.41, 5.74) is 7.54. The van der Waals surface area contributed by atoms with Crippen LogP contribution in [0, 0.1) is 0 Å². The summed E-state index contributed by atoms with van der Waals surface area (Å²) in [6, 6.07) is 28.0. The second kappa shape index (κ2) is 26.3. The van der Waals surface area contributed by atoms with E-state index in [0.717, 1.165) is 33.4 Å². The van der Waals surface area contributed by atoms with Gasteiger partial charge in [-0.3, -0.25) is 0 Å². The molecule has 422 valence electrons. The molecular formula is C60H69N6O12PS. The topological polar surface area (TPSA) is 191 Å². The molecule has 16 bridgehead atoms. The lowest BCUT2D eigenvalue weighted by Gasteiger charge is -2.39. The van der Waals surface area contributed by atoms with Crippen LogP contribution in [0.2, 0.25) is 0 Å². The number of methoxy groups -OCH3 is 3. The molecule has 20 heteroatoms. The van der Waals surface area contributed by atoms with Crippen LogP contribution in [0.5, 0.6) is 69.0 Å². The number of para-hydroxylation sites is 3. The number of benzene rings is 6. The number of fused-ring (bicyclic) bond motifs is 3. The Hall–Kier alpha value is -8.02. The minimum Gasteiger partial charge on any atom is -0.504 e. The first kappa shape index (κ1) is 56.7. The van der Waals surface area contributed by atoms with Crippen LogP contribution in [0.25, 0.3) is 0 Å². The van der Waals surface area contributed by atoms with Gasteiger partial charge >= 0.3 is 0 Å². The summed E-state index contributed by atoms with van der Waals surface area (Å²) in [7, 11) is 10.0. The lowest BCUT2D eigenvalue weighted by Crippen LogP contribution is -2.29. The average molecular weight is 1130 g/mol. The Balaban J connectivity index is 1.14. The Labute approximate surface area is 472 Å². The number of nitrogens with zero attached hydrogens (tertiary/aromatic N) is 6. The molecule has 0 aromatic heterocycles. The number of hydrazone groups is 3. The fraction of sp³-hybridized carbons (Fsp3) is 0.350. The maximum absolute atomic E-state index is 11.5. The van der Waals surface area contributed by atoms with Crippen LogP contribution >= 0.6 is 6.49 Å². The van der Waals surface area contributed by atoms with Crippen molar-refractivity contribution in [3.05, 3.63) is 141 Å². The van der Waals surface area contributed by atoms with E-state index in [9.17, 15) is 15.3 Å². The Bertz CT molecular complexity index is 2960. The molecular weight excluding hydrogens is 1060 g/mol. The third-order valence-corrected chi connectivity index (χ3v) is 18.8. The van der Waals surface area contributed by atoms with E-state index in [1.54, 1.807) is 111 Å². The predicted molar refractivity (Wildman–Crippen MR) is 313 cm³/mol. The molecule has 3 N–H and O–H groups in total. The van der Waals surface area contributed by atoms with Gasteiger partial charge in [-0.1, -0.05) is 18.2 Å². The molecule has 6 heterocycles. The molecule has 0 amide bonds. The average Bonchev–Trinajstić information content (AvgIpc) is 3.52. The summed E-state index contributed by atoms with van der Waals surface area (Å²) in [5.74, 6) is 4.27. The third-order valence-electron chi connectivity index (χ3n) is 14.1. The standard InChI is InChI=1S/C60H69N6O12PS/c1-64-61-37-40-16-13-19-49(58(40)67)73-22-7-10-25-76-55-34-46-28-44-32-53(71-5)57-36-48(44)30-45-33-54(72-6)56(35-47(45)29-43(46)31-52(55)70-4)77-26-11-8-23-74-50-20-14-17-41(59(50)68)38-62-65(2)79(64,80)66(3)63-39-42-18-15-21-51(60(42)69)75-24-9-12-27-78-57/h13-21,31-39,67-69H,7-12,22-30H2,1-6H3/b61-37+,62-38+,63-39+. The summed E-state index contributed by atoms with van der Waals surface area (Å²) in [5, 5.41) is 48.7. The zero-order valence-corrected chi connectivity index (χ0v) is 47.8. The molecule has 0 spiro atoms. The highest BCUT2D eigenvalue weighted by atomic mass is 32.4. The van der Waals surface area contributed by atoms with Crippen molar-refractivity contribution in [3.8, 4) is 69.0 Å². The third kappa shape index (κ3) is 13.0. The monoisotopic (exact) mass is 1130 g/mol. The Morgan fingerprint density at radius 1 is 0.400 bits per heavy atom. The first-order valence-corrected chi connectivity index (χ1v) is 29.3. The summed E-state index contributed by atoms with van der Waals surface area (Å²) in [6.45, 7) is -1.23. The van der Waals surface area contributed by atoms with Gasteiger partial charge < -0.3 is 58.0 Å². The number of phenols is 3. The van der Waals surface area contributed by atoms with Crippen LogP contribution in [0.1, 0.15) is 88.6 Å². The molecule has 18 nitrogen and oxygen atoms in total. The fourth-order valence-electron chi connectivity index (χ4n) is 9.54. The van der Waals surface area contributed by atoms with Gasteiger partial charge in [0.2, 0.25) is 0 Å². The van der Waals surface area contributed by atoms with Crippen molar-refractivity contribution >= 4 is 36.9 Å². The molecule has 6 aromatic rings. The highest BCUT2D eigenvalue weighted by Gasteiger charge is 2.33. The van der Waals surface area contributed by atoms with Crippen LogP contribution in [0.4, 0.5) is 0 Å². The minimum atomic E-state index is -3.31. The first-order valence-electron chi connectivity index (χ1n) is 26.6. The normalized spacial score (nSPS) is 17.5.